The Morgan fingerprint density at radius 1 is 0.575 bits per heavy atom. The summed E-state index contributed by atoms with van der Waals surface area (Å²) in [6, 6.07) is 27.5. The number of hydrogen-bond acceptors (Lipinski definition) is 12. The van der Waals surface area contributed by atoms with Gasteiger partial charge in [-0.25, -0.2) is 18.6 Å². The topological polar surface area (TPSA) is 125 Å². The minimum atomic E-state index is -0.485. The Morgan fingerprint density at radius 2 is 0.975 bits per heavy atom. The van der Waals surface area contributed by atoms with E-state index in [-0.39, 0.29) is 23.4 Å². The van der Waals surface area contributed by atoms with Gasteiger partial charge in [0.05, 0.1) is 33.6 Å². The molecule has 0 spiro atoms. The molecule has 6 aromatic rings. The van der Waals surface area contributed by atoms with Crippen LogP contribution in [0.15, 0.2) is 102 Å². The van der Waals surface area contributed by atoms with Gasteiger partial charge in [-0.2, -0.15) is 10.2 Å². The molecule has 80 heavy (non-hydrogen) atoms. The first-order valence-electron chi connectivity index (χ1n) is 28.8. The van der Waals surface area contributed by atoms with Gasteiger partial charge in [0, 0.05) is 143 Å². The highest BCUT2D eigenvalue weighted by molar-refractivity contribution is 9.10. The highest BCUT2D eigenvalue weighted by atomic mass is 79.9. The molecule has 430 valence electrons. The van der Waals surface area contributed by atoms with Gasteiger partial charge in [0.15, 0.2) is 0 Å². The lowest BCUT2D eigenvalue weighted by Gasteiger charge is -2.42. The maximum Gasteiger partial charge on any atom is 0.496 e. The van der Waals surface area contributed by atoms with E-state index in [2.05, 4.69) is 174 Å². The predicted molar refractivity (Wildman–Crippen MR) is 325 cm³/mol. The summed E-state index contributed by atoms with van der Waals surface area (Å²) in [6.45, 7) is 38.9. The zero-order valence-corrected chi connectivity index (χ0v) is 51.5. The zero-order chi connectivity index (χ0) is 57.5. The smallest absolute Gasteiger partial charge is 0.444 e. The van der Waals surface area contributed by atoms with Gasteiger partial charge in [-0.05, 0) is 150 Å². The lowest BCUT2D eigenvalue weighted by Crippen LogP contribution is -2.50. The Balaban J connectivity index is 0.000000157. The Bertz CT molecular complexity index is 3050. The van der Waals surface area contributed by atoms with Gasteiger partial charge in [0.2, 0.25) is 0 Å². The summed E-state index contributed by atoms with van der Waals surface area (Å²) >= 11 is 3.46. The predicted octanol–water partition coefficient (Wildman–Crippen LogP) is 10.8. The van der Waals surface area contributed by atoms with Crippen molar-refractivity contribution >= 4 is 63.1 Å². The average molecular weight is 1160 g/mol. The number of nitrogens with zero attached hydrogens (tertiary/aromatic N) is 10. The van der Waals surface area contributed by atoms with Gasteiger partial charge >= 0.3 is 19.3 Å². The van der Waals surface area contributed by atoms with Crippen LogP contribution in [0, 0.1) is 0 Å². The number of halogens is 1. The molecule has 0 radical (unpaired) electrons. The third-order valence-corrected chi connectivity index (χ3v) is 16.9. The normalized spacial score (nSPS) is 19.2. The first-order valence-corrected chi connectivity index (χ1v) is 29.6. The second-order valence-corrected chi connectivity index (χ2v) is 26.7. The summed E-state index contributed by atoms with van der Waals surface area (Å²) in [5, 5.41) is 9.04. The van der Waals surface area contributed by atoms with E-state index in [0.29, 0.717) is 44.2 Å². The van der Waals surface area contributed by atoms with Crippen LogP contribution in [0.5, 0.6) is 0 Å². The van der Waals surface area contributed by atoms with Crippen molar-refractivity contribution in [3.05, 3.63) is 113 Å². The number of hydrogen-bond donors (Lipinski definition) is 0. The molecule has 0 aliphatic carbocycles. The summed E-state index contributed by atoms with van der Waals surface area (Å²) < 4.78 is 28.5. The van der Waals surface area contributed by atoms with Crippen LogP contribution in [0.2, 0.25) is 0 Å². The zero-order valence-electron chi connectivity index (χ0n) is 49.9. The number of likely N-dealkylation sites (tertiary alicyclic amines) is 2. The largest absolute Gasteiger partial charge is 0.496 e. The van der Waals surface area contributed by atoms with Gasteiger partial charge in [-0.3, -0.25) is 9.80 Å². The van der Waals surface area contributed by atoms with E-state index in [1.54, 1.807) is 16.0 Å². The minimum Gasteiger partial charge on any atom is -0.444 e. The second kappa shape index (κ2) is 23.7. The van der Waals surface area contributed by atoms with E-state index in [4.69, 9.17) is 18.8 Å². The first kappa shape index (κ1) is 59.0. The molecular formula is C62H86BBrN10O6. The molecule has 5 saturated heterocycles. The van der Waals surface area contributed by atoms with Crippen LogP contribution in [0.1, 0.15) is 120 Å². The Kier molecular flexibility index (Phi) is 17.5. The molecule has 16 nitrogen and oxygen atoms in total. The number of carbonyl (C=O) groups excluding carboxylic acids is 2. The number of aromatic nitrogens is 4. The highest BCUT2D eigenvalue weighted by Crippen LogP contribution is 2.38. The van der Waals surface area contributed by atoms with E-state index in [9.17, 15) is 9.59 Å². The maximum absolute atomic E-state index is 12.4. The molecule has 0 N–H and O–H groups in total. The van der Waals surface area contributed by atoms with E-state index in [1.165, 1.54) is 39.8 Å². The molecule has 0 atom stereocenters. The molecule has 5 aliphatic heterocycles. The summed E-state index contributed by atoms with van der Waals surface area (Å²) in [7, 11) is -0.427. The van der Waals surface area contributed by atoms with Crippen LogP contribution < -0.4 is 15.3 Å². The molecule has 0 unspecified atom stereocenters. The fourth-order valence-electron chi connectivity index (χ4n) is 10.7. The van der Waals surface area contributed by atoms with E-state index >= 15 is 0 Å². The van der Waals surface area contributed by atoms with Crippen LogP contribution in [0.3, 0.4) is 0 Å². The molecule has 5 aliphatic rings. The molecule has 9 heterocycles. The number of rotatable bonds is 8. The highest BCUT2D eigenvalue weighted by Gasteiger charge is 2.52. The number of anilines is 2. The molecule has 0 bridgehead atoms. The Morgan fingerprint density at radius 3 is 1.39 bits per heavy atom. The molecule has 2 amide bonds. The number of carbonyl (C=O) groups is 2. The minimum absolute atomic E-state index is 0.232. The Hall–Kier alpha value is -5.66. The number of ether oxygens (including phenoxy) is 2. The van der Waals surface area contributed by atoms with Crippen molar-refractivity contribution < 1.29 is 28.4 Å². The van der Waals surface area contributed by atoms with Gasteiger partial charge in [0.25, 0.3) is 0 Å². The molecular weight excluding hydrogens is 1070 g/mol. The quantitative estimate of drug-likeness (QED) is 0.135. The molecule has 18 heteroatoms. The van der Waals surface area contributed by atoms with Crippen molar-refractivity contribution in [2.45, 2.75) is 143 Å². The maximum atomic E-state index is 12.4. The van der Waals surface area contributed by atoms with Crippen LogP contribution in [0.25, 0.3) is 22.2 Å². The van der Waals surface area contributed by atoms with Crippen molar-refractivity contribution in [2.24, 2.45) is 0 Å². The summed E-state index contributed by atoms with van der Waals surface area (Å²) in [4.78, 5) is 38.0. The fraction of sp³-hybridized carbons (Fsp3) is 0.548. The first-order chi connectivity index (χ1) is 37.7. The van der Waals surface area contributed by atoms with Gasteiger partial charge in [-0.15, -0.1) is 0 Å². The Labute approximate surface area is 483 Å². The lowest BCUT2D eigenvalue weighted by molar-refractivity contribution is 0.00578. The van der Waals surface area contributed by atoms with Crippen molar-refractivity contribution in [2.75, 3.05) is 88.3 Å². The molecule has 5 fully saturated rings. The monoisotopic (exact) mass is 1160 g/mol. The SMILES string of the molecule is CC(C)(C)OC(=O)N1CCN(c2ccnn3cc(B4OC(C)(C)C(C)(C)O4)cc23)CC1.CC(C)N1CC(c2ccc(-c3cc4c(N5CCN(C(=O)OC(C)(C)C)CC5)ccnn4c3)cc2)C1.CC(C)N1CC(c2ccc(Br)cc2)C1. The number of piperazine rings is 2. The van der Waals surface area contributed by atoms with Gasteiger partial charge in [0.1, 0.15) is 11.2 Å². The van der Waals surface area contributed by atoms with E-state index in [0.717, 1.165) is 73.1 Å². The summed E-state index contributed by atoms with van der Waals surface area (Å²) in [6.07, 6.45) is 7.25. The second-order valence-electron chi connectivity index (χ2n) is 25.8. The standard InChI is InChI=1S/C28H37N5O2.C22H33BN4O4.C12H16BrN/c1-20(2)32-17-24(18-32)22-8-6-21(7-9-22)23-16-26-25(10-11-29-33(26)19-23)30-12-14-31(15-13-30)27(34)35-28(3,4)5;1-20(2,3)29-19(28)26-12-10-25(11-13-26)17-8-9-24-27-15-16(14-18(17)27)23-30-21(4,5)22(6,7)31-23;1-9(2)14-7-11(8-14)10-3-5-12(13)6-4-10/h6-11,16,19-20,24H,12-15,17-18H2,1-5H3;8-9,14-15H,10-13H2,1-7H3;3-6,9,11H,7-8H2,1-2H3. The molecule has 2 aromatic carbocycles. The van der Waals surface area contributed by atoms with Gasteiger partial charge in [-0.1, -0.05) is 52.3 Å². The summed E-state index contributed by atoms with van der Waals surface area (Å²) in [5.41, 5.74) is 8.81. The molecule has 0 saturated carbocycles. The molecule has 11 rings (SSSR count). The third kappa shape index (κ3) is 13.8. The van der Waals surface area contributed by atoms with Crippen molar-refractivity contribution in [1.82, 2.24) is 38.8 Å². The van der Waals surface area contributed by atoms with Gasteiger partial charge < -0.3 is 38.4 Å². The fourth-order valence-corrected chi connectivity index (χ4v) is 11.0. The van der Waals surface area contributed by atoms with Crippen molar-refractivity contribution in [3.8, 4) is 11.1 Å². The van der Waals surface area contributed by atoms with Crippen LogP contribution >= 0.6 is 15.9 Å². The number of amides is 2. The molecule has 4 aromatic heterocycles. The number of fused-ring (bicyclic) bond motifs is 2. The third-order valence-electron chi connectivity index (χ3n) is 16.4. The van der Waals surface area contributed by atoms with Crippen molar-refractivity contribution in [3.63, 3.8) is 0 Å². The number of benzene rings is 2. The van der Waals surface area contributed by atoms with Crippen LogP contribution in [0.4, 0.5) is 21.0 Å². The van der Waals surface area contributed by atoms with Crippen LogP contribution in [-0.2, 0) is 18.8 Å². The van der Waals surface area contributed by atoms with Crippen LogP contribution in [-0.4, -0.2) is 171 Å². The van der Waals surface area contributed by atoms with E-state index in [1.807, 2.05) is 69.0 Å². The average Bonchev–Trinajstić information content (AvgIpc) is 4.13. The van der Waals surface area contributed by atoms with Crippen molar-refractivity contribution in [1.29, 1.82) is 0 Å². The lowest BCUT2D eigenvalue weighted by atomic mass is 9.81. The van der Waals surface area contributed by atoms with E-state index < -0.39 is 18.3 Å². The summed E-state index contributed by atoms with van der Waals surface area (Å²) in [5.74, 6) is 1.40.